The SMILES string of the molecule is Nc1ccccc1CNC(=O)c1ccc(I)cc1. The predicted octanol–water partition coefficient (Wildman–Crippen LogP) is 2.80. The second kappa shape index (κ2) is 5.86. The molecular formula is C14H13IN2O. The fourth-order valence-electron chi connectivity index (χ4n) is 1.57. The van der Waals surface area contributed by atoms with E-state index in [1.54, 1.807) is 0 Å². The smallest absolute Gasteiger partial charge is 0.251 e. The Hall–Kier alpha value is -1.56. The molecular weight excluding hydrogens is 339 g/mol. The van der Waals surface area contributed by atoms with E-state index in [-0.39, 0.29) is 5.91 Å². The first kappa shape index (κ1) is 12.9. The minimum Gasteiger partial charge on any atom is -0.398 e. The molecule has 0 atom stereocenters. The maximum absolute atomic E-state index is 11.9. The van der Waals surface area contributed by atoms with Gasteiger partial charge in [0.1, 0.15) is 0 Å². The van der Waals surface area contributed by atoms with E-state index in [0.29, 0.717) is 17.8 Å². The second-order valence-corrected chi connectivity index (χ2v) is 5.13. The molecule has 92 valence electrons. The summed E-state index contributed by atoms with van der Waals surface area (Å²) in [5.41, 5.74) is 8.09. The van der Waals surface area contributed by atoms with Crippen molar-refractivity contribution in [3.63, 3.8) is 0 Å². The number of nitrogens with two attached hydrogens (primary N) is 1. The summed E-state index contributed by atoms with van der Waals surface area (Å²) in [6.45, 7) is 0.442. The Kier molecular flexibility index (Phi) is 4.19. The van der Waals surface area contributed by atoms with Crippen molar-refractivity contribution >= 4 is 34.2 Å². The molecule has 0 heterocycles. The normalized spacial score (nSPS) is 10.1. The number of nitrogens with one attached hydrogen (secondary N) is 1. The van der Waals surface area contributed by atoms with E-state index in [1.807, 2.05) is 48.5 Å². The monoisotopic (exact) mass is 352 g/mol. The van der Waals surface area contributed by atoms with Crippen LogP contribution in [0.2, 0.25) is 0 Å². The average Bonchev–Trinajstić information content (AvgIpc) is 2.38. The van der Waals surface area contributed by atoms with Crippen molar-refractivity contribution in [2.45, 2.75) is 6.54 Å². The zero-order chi connectivity index (χ0) is 13.0. The molecule has 0 aliphatic carbocycles. The number of hydrogen-bond acceptors (Lipinski definition) is 2. The molecule has 0 aromatic heterocycles. The van der Waals surface area contributed by atoms with Crippen molar-refractivity contribution < 1.29 is 4.79 Å². The molecule has 0 unspecified atom stereocenters. The van der Waals surface area contributed by atoms with Crippen LogP contribution in [-0.4, -0.2) is 5.91 Å². The molecule has 18 heavy (non-hydrogen) atoms. The summed E-state index contributed by atoms with van der Waals surface area (Å²) in [5.74, 6) is -0.0883. The lowest BCUT2D eigenvalue weighted by atomic mass is 10.1. The highest BCUT2D eigenvalue weighted by Crippen LogP contribution is 2.11. The summed E-state index contributed by atoms with van der Waals surface area (Å²) in [4.78, 5) is 11.9. The molecule has 0 saturated carbocycles. The van der Waals surface area contributed by atoms with Crippen LogP contribution < -0.4 is 11.1 Å². The van der Waals surface area contributed by atoms with Crippen LogP contribution in [0.4, 0.5) is 5.69 Å². The van der Waals surface area contributed by atoms with E-state index in [2.05, 4.69) is 27.9 Å². The molecule has 0 aliphatic rings. The van der Waals surface area contributed by atoms with Crippen LogP contribution >= 0.6 is 22.6 Å². The number of anilines is 1. The summed E-state index contributed by atoms with van der Waals surface area (Å²) >= 11 is 2.21. The van der Waals surface area contributed by atoms with Gasteiger partial charge in [-0.3, -0.25) is 4.79 Å². The quantitative estimate of drug-likeness (QED) is 0.659. The van der Waals surface area contributed by atoms with Gasteiger partial charge >= 0.3 is 0 Å². The first-order valence-corrected chi connectivity index (χ1v) is 6.62. The standard InChI is InChI=1S/C14H13IN2O/c15-12-7-5-10(6-8-12)14(18)17-9-11-3-1-2-4-13(11)16/h1-8H,9,16H2,(H,17,18). The van der Waals surface area contributed by atoms with Gasteiger partial charge in [-0.05, 0) is 58.5 Å². The zero-order valence-corrected chi connectivity index (χ0v) is 11.8. The second-order valence-electron chi connectivity index (χ2n) is 3.89. The molecule has 2 rings (SSSR count). The summed E-state index contributed by atoms with van der Waals surface area (Å²) in [7, 11) is 0. The van der Waals surface area contributed by atoms with Crippen molar-refractivity contribution in [2.75, 3.05) is 5.73 Å². The molecule has 4 heteroatoms. The van der Waals surface area contributed by atoms with Gasteiger partial charge in [-0.1, -0.05) is 18.2 Å². The summed E-state index contributed by atoms with van der Waals surface area (Å²) in [5, 5.41) is 2.85. The van der Waals surface area contributed by atoms with Crippen molar-refractivity contribution in [1.29, 1.82) is 0 Å². The van der Waals surface area contributed by atoms with Gasteiger partial charge in [0.15, 0.2) is 0 Å². The third kappa shape index (κ3) is 3.22. The first-order chi connectivity index (χ1) is 8.66. The predicted molar refractivity (Wildman–Crippen MR) is 81.2 cm³/mol. The highest BCUT2D eigenvalue weighted by molar-refractivity contribution is 14.1. The van der Waals surface area contributed by atoms with E-state index in [4.69, 9.17) is 5.73 Å². The first-order valence-electron chi connectivity index (χ1n) is 5.54. The number of halogens is 1. The summed E-state index contributed by atoms with van der Waals surface area (Å²) in [6.07, 6.45) is 0. The third-order valence-corrected chi connectivity index (χ3v) is 3.32. The maximum Gasteiger partial charge on any atom is 0.251 e. The van der Waals surface area contributed by atoms with E-state index in [9.17, 15) is 4.79 Å². The van der Waals surface area contributed by atoms with Crippen LogP contribution in [0.15, 0.2) is 48.5 Å². The van der Waals surface area contributed by atoms with E-state index >= 15 is 0 Å². The van der Waals surface area contributed by atoms with Crippen molar-refractivity contribution in [2.24, 2.45) is 0 Å². The van der Waals surface area contributed by atoms with Crippen LogP contribution in [0.5, 0.6) is 0 Å². The number of rotatable bonds is 3. The summed E-state index contributed by atoms with van der Waals surface area (Å²) in [6, 6.07) is 15.0. The zero-order valence-electron chi connectivity index (χ0n) is 9.69. The van der Waals surface area contributed by atoms with Crippen molar-refractivity contribution in [1.82, 2.24) is 5.32 Å². The van der Waals surface area contributed by atoms with Gasteiger partial charge in [0.05, 0.1) is 0 Å². The third-order valence-electron chi connectivity index (χ3n) is 2.60. The summed E-state index contributed by atoms with van der Waals surface area (Å²) < 4.78 is 1.11. The fourth-order valence-corrected chi connectivity index (χ4v) is 1.93. The molecule has 2 aromatic rings. The Morgan fingerprint density at radius 2 is 1.78 bits per heavy atom. The highest BCUT2D eigenvalue weighted by Gasteiger charge is 2.05. The van der Waals surface area contributed by atoms with Crippen LogP contribution in [0.3, 0.4) is 0 Å². The van der Waals surface area contributed by atoms with Crippen molar-refractivity contribution in [3.8, 4) is 0 Å². The molecule has 0 fully saturated rings. The van der Waals surface area contributed by atoms with Gasteiger partial charge in [0.2, 0.25) is 0 Å². The van der Waals surface area contributed by atoms with Gasteiger partial charge in [-0.15, -0.1) is 0 Å². The molecule has 0 radical (unpaired) electrons. The average molecular weight is 352 g/mol. The van der Waals surface area contributed by atoms with Gasteiger partial charge in [0.25, 0.3) is 5.91 Å². The van der Waals surface area contributed by atoms with Gasteiger partial charge < -0.3 is 11.1 Å². The molecule has 3 N–H and O–H groups in total. The molecule has 0 saturated heterocycles. The molecule has 3 nitrogen and oxygen atoms in total. The number of hydrogen-bond donors (Lipinski definition) is 2. The number of benzene rings is 2. The highest BCUT2D eigenvalue weighted by atomic mass is 127. The van der Waals surface area contributed by atoms with Gasteiger partial charge in [-0.2, -0.15) is 0 Å². The van der Waals surface area contributed by atoms with Crippen LogP contribution in [-0.2, 0) is 6.54 Å². The lowest BCUT2D eigenvalue weighted by Gasteiger charge is -2.07. The van der Waals surface area contributed by atoms with Gasteiger partial charge in [-0.25, -0.2) is 0 Å². The number of amides is 1. The Morgan fingerprint density at radius 1 is 1.11 bits per heavy atom. The molecule has 2 aromatic carbocycles. The number of para-hydroxylation sites is 1. The largest absolute Gasteiger partial charge is 0.398 e. The van der Waals surface area contributed by atoms with E-state index in [1.165, 1.54) is 0 Å². The van der Waals surface area contributed by atoms with Crippen molar-refractivity contribution in [3.05, 3.63) is 63.2 Å². The van der Waals surface area contributed by atoms with Crippen LogP contribution in [0.1, 0.15) is 15.9 Å². The van der Waals surface area contributed by atoms with Crippen LogP contribution in [0.25, 0.3) is 0 Å². The number of nitrogen functional groups attached to an aromatic ring is 1. The van der Waals surface area contributed by atoms with Crippen LogP contribution in [0, 0.1) is 3.57 Å². The lowest BCUT2D eigenvalue weighted by molar-refractivity contribution is 0.0951. The molecule has 1 amide bonds. The topological polar surface area (TPSA) is 55.1 Å². The lowest BCUT2D eigenvalue weighted by Crippen LogP contribution is -2.23. The Labute approximate surface area is 120 Å². The molecule has 0 bridgehead atoms. The Bertz CT molecular complexity index is 552. The number of carbonyl (C=O) groups is 1. The van der Waals surface area contributed by atoms with E-state index in [0.717, 1.165) is 9.13 Å². The Balaban J connectivity index is 2.01. The minimum atomic E-state index is -0.0883. The number of carbonyl (C=O) groups excluding carboxylic acids is 1. The maximum atomic E-state index is 11.9. The molecule has 0 aliphatic heterocycles. The van der Waals surface area contributed by atoms with Gasteiger partial charge in [0, 0.05) is 21.4 Å². The minimum absolute atomic E-state index is 0.0883. The fraction of sp³-hybridized carbons (Fsp3) is 0.0714. The van der Waals surface area contributed by atoms with E-state index < -0.39 is 0 Å². The molecule has 0 spiro atoms. The Morgan fingerprint density at radius 3 is 2.44 bits per heavy atom.